The summed E-state index contributed by atoms with van der Waals surface area (Å²) in [5.41, 5.74) is 0. The molecule has 0 aliphatic heterocycles. The van der Waals surface area contributed by atoms with Crippen molar-refractivity contribution in [1.29, 1.82) is 0 Å². The van der Waals surface area contributed by atoms with Gasteiger partial charge >= 0.3 is 0 Å². The fraction of sp³-hybridized carbons (Fsp3) is 1.00. The minimum atomic E-state index is -0.242. The molecule has 0 bridgehead atoms. The Kier molecular flexibility index (Phi) is 5.58. The maximum atomic E-state index is 9.71. The minimum absolute atomic E-state index is 0.242. The van der Waals surface area contributed by atoms with Gasteiger partial charge in [-0.05, 0) is 32.9 Å². The van der Waals surface area contributed by atoms with Gasteiger partial charge in [-0.25, -0.2) is 0 Å². The second-order valence-electron chi connectivity index (χ2n) is 5.11. The maximum Gasteiger partial charge on any atom is 0.0791 e. The van der Waals surface area contributed by atoms with Crippen LogP contribution in [0.2, 0.25) is 0 Å². The zero-order chi connectivity index (χ0) is 11.3. The van der Waals surface area contributed by atoms with Crippen molar-refractivity contribution in [2.24, 2.45) is 5.92 Å². The number of nitrogens with zero attached hydrogens (tertiary/aromatic N) is 1. The van der Waals surface area contributed by atoms with Crippen molar-refractivity contribution in [2.75, 3.05) is 27.2 Å². The zero-order valence-corrected chi connectivity index (χ0v) is 10.4. The molecule has 15 heavy (non-hydrogen) atoms. The van der Waals surface area contributed by atoms with Gasteiger partial charge in [-0.15, -0.1) is 0 Å². The smallest absolute Gasteiger partial charge is 0.0791 e. The second kappa shape index (κ2) is 6.46. The Hall–Kier alpha value is -0.120. The average molecular weight is 214 g/mol. The fourth-order valence-corrected chi connectivity index (χ4v) is 1.94. The third kappa shape index (κ3) is 6.13. The Balaban J connectivity index is 2.09. The molecule has 2 atom stereocenters. The summed E-state index contributed by atoms with van der Waals surface area (Å²) < 4.78 is 0. The summed E-state index contributed by atoms with van der Waals surface area (Å²) in [6, 6.07) is 0.606. The van der Waals surface area contributed by atoms with Crippen LogP contribution in [0.25, 0.3) is 0 Å². The second-order valence-corrected chi connectivity index (χ2v) is 5.11. The van der Waals surface area contributed by atoms with E-state index in [1.165, 1.54) is 25.7 Å². The van der Waals surface area contributed by atoms with Gasteiger partial charge < -0.3 is 15.3 Å². The molecule has 3 nitrogen and oxygen atoms in total. The molecule has 0 saturated heterocycles. The number of nitrogens with one attached hydrogen (secondary N) is 1. The van der Waals surface area contributed by atoms with Crippen LogP contribution in [-0.2, 0) is 0 Å². The molecule has 1 fully saturated rings. The highest BCUT2D eigenvalue weighted by molar-refractivity contribution is 4.80. The van der Waals surface area contributed by atoms with Gasteiger partial charge in [-0.2, -0.15) is 0 Å². The molecule has 3 heteroatoms. The zero-order valence-electron chi connectivity index (χ0n) is 10.4. The molecule has 0 spiro atoms. The first-order chi connectivity index (χ1) is 7.11. The average Bonchev–Trinajstić information content (AvgIpc) is 2.94. The molecule has 0 amide bonds. The molecular weight excluding hydrogens is 188 g/mol. The summed E-state index contributed by atoms with van der Waals surface area (Å²) in [7, 11) is 3.98. The highest BCUT2D eigenvalue weighted by atomic mass is 16.3. The highest BCUT2D eigenvalue weighted by Gasteiger charge is 2.24. The van der Waals surface area contributed by atoms with Crippen molar-refractivity contribution < 1.29 is 5.11 Å². The molecule has 90 valence electrons. The van der Waals surface area contributed by atoms with Gasteiger partial charge in [0.25, 0.3) is 0 Å². The fourth-order valence-electron chi connectivity index (χ4n) is 1.94. The standard InChI is InChI=1S/C12H26N2O/c1-4-11(7-10-5-6-10)13-8-12(15)9-14(2)3/h10-13,15H,4-9H2,1-3H3. The number of likely N-dealkylation sites (N-methyl/N-ethyl adjacent to an activating group) is 1. The molecule has 0 aromatic rings. The number of aliphatic hydroxyl groups is 1. The Morgan fingerprint density at radius 2 is 2.07 bits per heavy atom. The summed E-state index contributed by atoms with van der Waals surface area (Å²) in [6.07, 6.45) is 5.06. The van der Waals surface area contributed by atoms with Gasteiger partial charge in [0.1, 0.15) is 0 Å². The number of hydrogen-bond donors (Lipinski definition) is 2. The summed E-state index contributed by atoms with van der Waals surface area (Å²) in [5, 5.41) is 13.2. The van der Waals surface area contributed by atoms with E-state index in [4.69, 9.17) is 0 Å². The Bertz CT molecular complexity index is 169. The lowest BCUT2D eigenvalue weighted by Crippen LogP contribution is -2.39. The van der Waals surface area contributed by atoms with E-state index in [-0.39, 0.29) is 6.10 Å². The van der Waals surface area contributed by atoms with E-state index >= 15 is 0 Å². The van der Waals surface area contributed by atoms with Crippen molar-refractivity contribution in [3.63, 3.8) is 0 Å². The van der Waals surface area contributed by atoms with E-state index in [0.29, 0.717) is 6.04 Å². The van der Waals surface area contributed by atoms with Crippen LogP contribution in [0.15, 0.2) is 0 Å². The molecule has 1 saturated carbocycles. The van der Waals surface area contributed by atoms with E-state index in [1.54, 1.807) is 0 Å². The maximum absolute atomic E-state index is 9.71. The van der Waals surface area contributed by atoms with E-state index in [1.807, 2.05) is 19.0 Å². The molecule has 1 aliphatic carbocycles. The van der Waals surface area contributed by atoms with Crippen LogP contribution in [0.1, 0.15) is 32.6 Å². The Morgan fingerprint density at radius 1 is 1.40 bits per heavy atom. The van der Waals surface area contributed by atoms with Gasteiger partial charge in [0.15, 0.2) is 0 Å². The lowest BCUT2D eigenvalue weighted by atomic mass is 10.1. The molecule has 2 N–H and O–H groups in total. The number of hydrogen-bond acceptors (Lipinski definition) is 3. The summed E-state index contributed by atoms with van der Waals surface area (Å²) in [6.45, 7) is 3.69. The number of aliphatic hydroxyl groups excluding tert-OH is 1. The summed E-state index contributed by atoms with van der Waals surface area (Å²) >= 11 is 0. The van der Waals surface area contributed by atoms with Crippen LogP contribution < -0.4 is 5.32 Å². The van der Waals surface area contributed by atoms with Crippen LogP contribution >= 0.6 is 0 Å². The molecule has 0 radical (unpaired) electrons. The minimum Gasteiger partial charge on any atom is -0.390 e. The van der Waals surface area contributed by atoms with E-state index in [2.05, 4.69) is 12.2 Å². The van der Waals surface area contributed by atoms with Crippen molar-refractivity contribution >= 4 is 0 Å². The van der Waals surface area contributed by atoms with Crippen LogP contribution in [0.4, 0.5) is 0 Å². The molecule has 0 aromatic carbocycles. The summed E-state index contributed by atoms with van der Waals surface area (Å²) in [5.74, 6) is 0.966. The molecule has 2 unspecified atom stereocenters. The van der Waals surface area contributed by atoms with E-state index < -0.39 is 0 Å². The first kappa shape index (κ1) is 12.9. The quantitative estimate of drug-likeness (QED) is 0.634. The number of rotatable bonds is 8. The van der Waals surface area contributed by atoms with Gasteiger partial charge in [-0.3, -0.25) is 0 Å². The van der Waals surface area contributed by atoms with Gasteiger partial charge in [0, 0.05) is 19.1 Å². The van der Waals surface area contributed by atoms with Crippen LogP contribution in [0.5, 0.6) is 0 Å². The van der Waals surface area contributed by atoms with E-state index in [0.717, 1.165) is 19.0 Å². The van der Waals surface area contributed by atoms with Crippen molar-refractivity contribution in [1.82, 2.24) is 10.2 Å². The summed E-state index contributed by atoms with van der Waals surface area (Å²) in [4.78, 5) is 2.02. The Labute approximate surface area is 93.9 Å². The van der Waals surface area contributed by atoms with Crippen molar-refractivity contribution in [3.8, 4) is 0 Å². The van der Waals surface area contributed by atoms with Gasteiger partial charge in [-0.1, -0.05) is 19.8 Å². The molecule has 0 aromatic heterocycles. The van der Waals surface area contributed by atoms with Crippen LogP contribution in [0.3, 0.4) is 0 Å². The van der Waals surface area contributed by atoms with Gasteiger partial charge in [0.05, 0.1) is 6.10 Å². The largest absolute Gasteiger partial charge is 0.390 e. The van der Waals surface area contributed by atoms with Crippen molar-refractivity contribution in [2.45, 2.75) is 44.8 Å². The monoisotopic (exact) mass is 214 g/mol. The first-order valence-corrected chi connectivity index (χ1v) is 6.18. The third-order valence-electron chi connectivity index (χ3n) is 3.03. The van der Waals surface area contributed by atoms with Crippen molar-refractivity contribution in [3.05, 3.63) is 0 Å². The van der Waals surface area contributed by atoms with Crippen LogP contribution in [-0.4, -0.2) is 49.3 Å². The third-order valence-corrected chi connectivity index (χ3v) is 3.03. The van der Waals surface area contributed by atoms with E-state index in [9.17, 15) is 5.11 Å². The predicted molar refractivity (Wildman–Crippen MR) is 64.0 cm³/mol. The Morgan fingerprint density at radius 3 is 2.53 bits per heavy atom. The predicted octanol–water partition coefficient (Wildman–Crippen LogP) is 1.08. The topological polar surface area (TPSA) is 35.5 Å². The highest BCUT2D eigenvalue weighted by Crippen LogP contribution is 2.33. The first-order valence-electron chi connectivity index (χ1n) is 6.18. The molecular formula is C12H26N2O. The molecule has 1 rings (SSSR count). The lowest BCUT2D eigenvalue weighted by Gasteiger charge is -2.21. The lowest BCUT2D eigenvalue weighted by molar-refractivity contribution is 0.130. The normalized spacial score (nSPS) is 20.6. The SMILES string of the molecule is CCC(CC1CC1)NCC(O)CN(C)C. The van der Waals surface area contributed by atoms with Gasteiger partial charge in [0.2, 0.25) is 0 Å². The molecule has 0 heterocycles. The van der Waals surface area contributed by atoms with Crippen LogP contribution in [0, 0.1) is 5.92 Å². The molecule has 1 aliphatic rings.